The summed E-state index contributed by atoms with van der Waals surface area (Å²) in [6, 6.07) is 4.01. The van der Waals surface area contributed by atoms with Crippen molar-refractivity contribution < 1.29 is 0 Å². The van der Waals surface area contributed by atoms with Crippen molar-refractivity contribution in [2.24, 2.45) is 0 Å². The van der Waals surface area contributed by atoms with Crippen molar-refractivity contribution >= 4 is 33.6 Å². The SMILES string of the molecule is Cc1[nH]nc2ccc(CI)nc12. The lowest BCUT2D eigenvalue weighted by Gasteiger charge is -1.93. The average molecular weight is 273 g/mol. The fourth-order valence-corrected chi connectivity index (χ4v) is 1.55. The molecule has 0 aliphatic rings. The van der Waals surface area contributed by atoms with Gasteiger partial charge in [-0.15, -0.1) is 0 Å². The van der Waals surface area contributed by atoms with Gasteiger partial charge < -0.3 is 0 Å². The van der Waals surface area contributed by atoms with Gasteiger partial charge in [-0.1, -0.05) is 22.6 Å². The normalized spacial score (nSPS) is 10.8. The molecule has 0 aliphatic heterocycles. The Labute approximate surface area is 83.7 Å². The smallest absolute Gasteiger partial charge is 0.111 e. The first-order valence-electron chi connectivity index (χ1n) is 3.68. The van der Waals surface area contributed by atoms with Crippen LogP contribution in [0.4, 0.5) is 0 Å². The molecule has 0 aromatic carbocycles. The van der Waals surface area contributed by atoms with Crippen molar-refractivity contribution in [2.75, 3.05) is 0 Å². The minimum Gasteiger partial charge on any atom is -0.280 e. The number of nitrogens with one attached hydrogen (secondary N) is 1. The maximum atomic E-state index is 4.45. The van der Waals surface area contributed by atoms with E-state index in [1.807, 2.05) is 19.1 Å². The highest BCUT2D eigenvalue weighted by Gasteiger charge is 2.02. The Kier molecular flexibility index (Phi) is 2.00. The fraction of sp³-hybridized carbons (Fsp3) is 0.250. The van der Waals surface area contributed by atoms with Gasteiger partial charge in [-0.05, 0) is 19.1 Å². The minimum absolute atomic E-state index is 0.943. The Morgan fingerprint density at radius 1 is 1.50 bits per heavy atom. The average Bonchev–Trinajstić information content (AvgIpc) is 2.47. The standard InChI is InChI=1S/C8H8IN3/c1-5-8-7(12-11-5)3-2-6(4-9)10-8/h2-3H,4H2,1H3,(H,11,12). The van der Waals surface area contributed by atoms with Crippen molar-refractivity contribution in [1.82, 2.24) is 15.2 Å². The summed E-state index contributed by atoms with van der Waals surface area (Å²) in [6.07, 6.45) is 0. The van der Waals surface area contributed by atoms with Crippen molar-refractivity contribution in [3.63, 3.8) is 0 Å². The molecule has 0 fully saturated rings. The molecule has 2 heterocycles. The zero-order valence-electron chi connectivity index (χ0n) is 6.63. The van der Waals surface area contributed by atoms with Crippen molar-refractivity contribution in [1.29, 1.82) is 0 Å². The lowest BCUT2D eigenvalue weighted by atomic mass is 10.3. The zero-order chi connectivity index (χ0) is 8.55. The number of H-pyrrole nitrogens is 1. The predicted molar refractivity (Wildman–Crippen MR) is 56.3 cm³/mol. The molecule has 0 saturated heterocycles. The van der Waals surface area contributed by atoms with Crippen LogP contribution in [0, 0.1) is 6.92 Å². The van der Waals surface area contributed by atoms with E-state index in [1.54, 1.807) is 0 Å². The molecule has 0 amide bonds. The number of nitrogens with zero attached hydrogens (tertiary/aromatic N) is 2. The monoisotopic (exact) mass is 273 g/mol. The van der Waals surface area contributed by atoms with Crippen LogP contribution in [0.2, 0.25) is 0 Å². The van der Waals surface area contributed by atoms with Crippen LogP contribution >= 0.6 is 22.6 Å². The van der Waals surface area contributed by atoms with Gasteiger partial charge in [0.15, 0.2) is 0 Å². The lowest BCUT2D eigenvalue weighted by molar-refractivity contribution is 1.07. The van der Waals surface area contributed by atoms with Crippen LogP contribution in [-0.4, -0.2) is 15.2 Å². The molecule has 0 bridgehead atoms. The second-order valence-corrected chi connectivity index (χ2v) is 3.42. The number of aromatic nitrogens is 3. The molecule has 2 rings (SSSR count). The van der Waals surface area contributed by atoms with E-state index in [0.29, 0.717) is 0 Å². The predicted octanol–water partition coefficient (Wildman–Crippen LogP) is 2.20. The Balaban J connectivity index is 2.71. The van der Waals surface area contributed by atoms with Gasteiger partial charge in [0, 0.05) is 4.43 Å². The maximum absolute atomic E-state index is 4.45. The number of fused-ring (bicyclic) bond motifs is 1. The lowest BCUT2D eigenvalue weighted by Crippen LogP contribution is -1.84. The second kappa shape index (κ2) is 3.01. The largest absolute Gasteiger partial charge is 0.280 e. The Morgan fingerprint density at radius 3 is 3.08 bits per heavy atom. The molecule has 62 valence electrons. The summed E-state index contributed by atoms with van der Waals surface area (Å²) >= 11 is 2.30. The van der Waals surface area contributed by atoms with E-state index in [-0.39, 0.29) is 0 Å². The summed E-state index contributed by atoms with van der Waals surface area (Å²) in [5, 5.41) is 7.02. The second-order valence-electron chi connectivity index (χ2n) is 2.65. The molecule has 4 heteroatoms. The first-order chi connectivity index (χ1) is 5.81. The molecule has 0 atom stereocenters. The molecule has 0 unspecified atom stereocenters. The third-order valence-electron chi connectivity index (χ3n) is 1.77. The summed E-state index contributed by atoms with van der Waals surface area (Å²) in [4.78, 5) is 4.45. The molecule has 0 radical (unpaired) electrons. The van der Waals surface area contributed by atoms with E-state index >= 15 is 0 Å². The van der Waals surface area contributed by atoms with Crippen molar-refractivity contribution in [3.8, 4) is 0 Å². The molecular formula is C8H8IN3. The van der Waals surface area contributed by atoms with Gasteiger partial charge in [-0.25, -0.2) is 4.98 Å². The first-order valence-corrected chi connectivity index (χ1v) is 5.20. The number of pyridine rings is 1. The van der Waals surface area contributed by atoms with Gasteiger partial charge >= 0.3 is 0 Å². The highest BCUT2D eigenvalue weighted by Crippen LogP contribution is 2.14. The van der Waals surface area contributed by atoms with E-state index in [0.717, 1.165) is 26.8 Å². The fourth-order valence-electron chi connectivity index (χ4n) is 1.13. The Morgan fingerprint density at radius 2 is 2.33 bits per heavy atom. The van der Waals surface area contributed by atoms with E-state index in [9.17, 15) is 0 Å². The number of aromatic amines is 1. The van der Waals surface area contributed by atoms with Gasteiger partial charge in [0.1, 0.15) is 11.0 Å². The van der Waals surface area contributed by atoms with Gasteiger partial charge in [0.05, 0.1) is 11.4 Å². The Bertz CT molecular complexity index is 408. The maximum Gasteiger partial charge on any atom is 0.111 e. The topological polar surface area (TPSA) is 41.6 Å². The van der Waals surface area contributed by atoms with Gasteiger partial charge in [0.25, 0.3) is 0 Å². The number of rotatable bonds is 1. The molecule has 2 aromatic rings. The summed E-state index contributed by atoms with van der Waals surface area (Å²) in [5.74, 6) is 0. The number of aryl methyl sites for hydroxylation is 1. The molecule has 0 spiro atoms. The molecule has 3 nitrogen and oxygen atoms in total. The van der Waals surface area contributed by atoms with Crippen LogP contribution < -0.4 is 0 Å². The summed E-state index contributed by atoms with van der Waals surface area (Å²) in [5.41, 5.74) is 4.08. The van der Waals surface area contributed by atoms with Crippen molar-refractivity contribution in [2.45, 2.75) is 11.4 Å². The van der Waals surface area contributed by atoms with E-state index in [2.05, 4.69) is 37.8 Å². The summed E-state index contributed by atoms with van der Waals surface area (Å²) in [7, 11) is 0. The number of hydrogen-bond donors (Lipinski definition) is 1. The van der Waals surface area contributed by atoms with Crippen molar-refractivity contribution in [3.05, 3.63) is 23.5 Å². The minimum atomic E-state index is 0.943. The highest BCUT2D eigenvalue weighted by molar-refractivity contribution is 14.1. The third-order valence-corrected chi connectivity index (χ3v) is 2.55. The van der Waals surface area contributed by atoms with E-state index < -0.39 is 0 Å². The molecule has 0 saturated carbocycles. The van der Waals surface area contributed by atoms with Crippen LogP contribution in [0.1, 0.15) is 11.4 Å². The molecular weight excluding hydrogens is 265 g/mol. The van der Waals surface area contributed by atoms with E-state index in [4.69, 9.17) is 0 Å². The Hall–Kier alpha value is -0.650. The van der Waals surface area contributed by atoms with E-state index in [1.165, 1.54) is 0 Å². The number of halogens is 1. The highest BCUT2D eigenvalue weighted by atomic mass is 127. The van der Waals surface area contributed by atoms with Crippen LogP contribution in [0.3, 0.4) is 0 Å². The van der Waals surface area contributed by atoms with Crippen LogP contribution in [0.25, 0.3) is 11.0 Å². The zero-order valence-corrected chi connectivity index (χ0v) is 8.79. The molecule has 0 aliphatic carbocycles. The van der Waals surface area contributed by atoms with Crippen LogP contribution in [-0.2, 0) is 4.43 Å². The van der Waals surface area contributed by atoms with Crippen LogP contribution in [0.5, 0.6) is 0 Å². The van der Waals surface area contributed by atoms with Gasteiger partial charge in [-0.3, -0.25) is 5.10 Å². The van der Waals surface area contributed by atoms with Crippen LogP contribution in [0.15, 0.2) is 12.1 Å². The molecule has 2 aromatic heterocycles. The molecule has 1 N–H and O–H groups in total. The van der Waals surface area contributed by atoms with Gasteiger partial charge in [-0.2, -0.15) is 5.10 Å². The summed E-state index contributed by atoms with van der Waals surface area (Å²) in [6.45, 7) is 1.99. The van der Waals surface area contributed by atoms with Gasteiger partial charge in [0.2, 0.25) is 0 Å². The number of hydrogen-bond acceptors (Lipinski definition) is 2. The third kappa shape index (κ3) is 1.20. The quantitative estimate of drug-likeness (QED) is 0.639. The first kappa shape index (κ1) is 7.97. The molecule has 12 heavy (non-hydrogen) atoms. The summed E-state index contributed by atoms with van der Waals surface area (Å²) < 4.78 is 0.943. The number of alkyl halides is 1.